The van der Waals surface area contributed by atoms with Crippen LogP contribution >= 0.6 is 0 Å². The number of aliphatic imine (C=N–C) groups is 1. The summed E-state index contributed by atoms with van der Waals surface area (Å²) in [5, 5.41) is 7.22. The Kier molecular flexibility index (Phi) is 6.43. The Morgan fingerprint density at radius 3 is 2.62 bits per heavy atom. The molecule has 2 N–H and O–H groups in total. The molecule has 3 atom stereocenters. The van der Waals surface area contributed by atoms with E-state index in [2.05, 4.69) is 15.6 Å². The van der Waals surface area contributed by atoms with Gasteiger partial charge in [0.15, 0.2) is 5.96 Å². The normalized spacial score (nSPS) is 29.3. The van der Waals surface area contributed by atoms with Crippen LogP contribution in [0.4, 0.5) is 0 Å². The first-order valence-corrected chi connectivity index (χ1v) is 10.3. The molecule has 6 nitrogen and oxygen atoms in total. The number of nitrogens with zero attached hydrogens (tertiary/aromatic N) is 2. The smallest absolute Gasteiger partial charge is 0.243 e. The fourth-order valence-corrected chi connectivity index (χ4v) is 4.82. The molecule has 3 rings (SSSR count). The van der Waals surface area contributed by atoms with Crippen molar-refractivity contribution in [1.29, 1.82) is 0 Å². The molecule has 1 amide bonds. The van der Waals surface area contributed by atoms with Crippen LogP contribution in [0.3, 0.4) is 0 Å². The lowest BCUT2D eigenvalue weighted by Crippen LogP contribution is -2.50. The number of methoxy groups -OCH3 is 1. The Balaban J connectivity index is 1.58. The van der Waals surface area contributed by atoms with Gasteiger partial charge in [0, 0.05) is 40.4 Å². The van der Waals surface area contributed by atoms with Gasteiger partial charge in [-0.2, -0.15) is 0 Å². The third-order valence-corrected chi connectivity index (χ3v) is 6.81. The van der Waals surface area contributed by atoms with E-state index in [0.29, 0.717) is 11.5 Å². The SMILES string of the molecule is COCCC1(CNC(=NCC(=O)N(C)C)NC2CC3CCC2C3)CCC1. The summed E-state index contributed by atoms with van der Waals surface area (Å²) in [6, 6.07) is 0.519. The van der Waals surface area contributed by atoms with E-state index in [-0.39, 0.29) is 12.5 Å². The van der Waals surface area contributed by atoms with Crippen molar-refractivity contribution < 1.29 is 9.53 Å². The number of hydrogen-bond donors (Lipinski definition) is 2. The molecule has 3 unspecified atom stereocenters. The van der Waals surface area contributed by atoms with Crippen molar-refractivity contribution in [3.05, 3.63) is 0 Å². The molecule has 3 saturated carbocycles. The summed E-state index contributed by atoms with van der Waals surface area (Å²) in [7, 11) is 5.33. The highest BCUT2D eigenvalue weighted by molar-refractivity contribution is 5.85. The molecule has 0 heterocycles. The summed E-state index contributed by atoms with van der Waals surface area (Å²) in [6.45, 7) is 1.93. The number of rotatable bonds is 8. The zero-order valence-corrected chi connectivity index (χ0v) is 16.7. The van der Waals surface area contributed by atoms with E-state index in [9.17, 15) is 4.79 Å². The number of guanidine groups is 1. The molecule has 3 fully saturated rings. The second-order valence-electron chi connectivity index (χ2n) is 8.83. The van der Waals surface area contributed by atoms with E-state index in [0.717, 1.165) is 37.4 Å². The molecule has 3 aliphatic rings. The van der Waals surface area contributed by atoms with Gasteiger partial charge in [-0.15, -0.1) is 0 Å². The van der Waals surface area contributed by atoms with Crippen LogP contribution in [-0.2, 0) is 9.53 Å². The fraction of sp³-hybridized carbons (Fsp3) is 0.900. The van der Waals surface area contributed by atoms with Gasteiger partial charge in [-0.1, -0.05) is 12.8 Å². The molecule has 26 heavy (non-hydrogen) atoms. The van der Waals surface area contributed by atoms with E-state index in [1.165, 1.54) is 44.9 Å². The lowest BCUT2D eigenvalue weighted by molar-refractivity contribution is -0.127. The molecule has 6 heteroatoms. The van der Waals surface area contributed by atoms with Crippen molar-refractivity contribution in [2.45, 2.75) is 57.4 Å². The molecule has 0 aliphatic heterocycles. The highest BCUT2D eigenvalue weighted by Crippen LogP contribution is 2.45. The Morgan fingerprint density at radius 1 is 1.27 bits per heavy atom. The third-order valence-electron chi connectivity index (χ3n) is 6.81. The molecule has 0 aromatic carbocycles. The van der Waals surface area contributed by atoms with Crippen LogP contribution in [0.1, 0.15) is 51.4 Å². The number of hydrogen-bond acceptors (Lipinski definition) is 3. The van der Waals surface area contributed by atoms with Gasteiger partial charge in [-0.05, 0) is 55.8 Å². The van der Waals surface area contributed by atoms with Gasteiger partial charge in [0.2, 0.25) is 5.91 Å². The monoisotopic (exact) mass is 364 g/mol. The van der Waals surface area contributed by atoms with Crippen LogP contribution in [0, 0.1) is 17.3 Å². The average Bonchev–Trinajstić information content (AvgIpc) is 3.20. The van der Waals surface area contributed by atoms with Gasteiger partial charge < -0.3 is 20.3 Å². The summed E-state index contributed by atoms with van der Waals surface area (Å²) < 4.78 is 5.30. The number of carbonyl (C=O) groups excluding carboxylic acids is 1. The average molecular weight is 365 g/mol. The van der Waals surface area contributed by atoms with Gasteiger partial charge in [0.25, 0.3) is 0 Å². The highest BCUT2D eigenvalue weighted by atomic mass is 16.5. The van der Waals surface area contributed by atoms with Gasteiger partial charge >= 0.3 is 0 Å². The van der Waals surface area contributed by atoms with Gasteiger partial charge in [0.05, 0.1) is 0 Å². The quantitative estimate of drug-likeness (QED) is 0.511. The third kappa shape index (κ3) is 4.70. The zero-order chi connectivity index (χ0) is 18.6. The molecule has 2 bridgehead atoms. The summed E-state index contributed by atoms with van der Waals surface area (Å²) in [6.07, 6.45) is 10.2. The maximum atomic E-state index is 12.0. The van der Waals surface area contributed by atoms with Gasteiger partial charge in [0.1, 0.15) is 6.54 Å². The number of amides is 1. The number of nitrogens with one attached hydrogen (secondary N) is 2. The van der Waals surface area contributed by atoms with Gasteiger partial charge in [-0.25, -0.2) is 4.99 Å². The molecular weight excluding hydrogens is 328 g/mol. The topological polar surface area (TPSA) is 66.0 Å². The molecule has 148 valence electrons. The number of fused-ring (bicyclic) bond motifs is 2. The van der Waals surface area contributed by atoms with Crippen molar-refractivity contribution >= 4 is 11.9 Å². The van der Waals surface area contributed by atoms with Crippen LogP contribution < -0.4 is 10.6 Å². The molecule has 0 saturated heterocycles. The lowest BCUT2D eigenvalue weighted by Gasteiger charge is -2.42. The summed E-state index contributed by atoms with van der Waals surface area (Å²) in [5.41, 5.74) is 0.332. The first kappa shape index (κ1) is 19.5. The Labute approximate surface area is 158 Å². The van der Waals surface area contributed by atoms with E-state index in [4.69, 9.17) is 4.74 Å². The summed E-state index contributed by atoms with van der Waals surface area (Å²) >= 11 is 0. The van der Waals surface area contributed by atoms with E-state index in [1.54, 1.807) is 26.1 Å². The van der Waals surface area contributed by atoms with Gasteiger partial charge in [-0.3, -0.25) is 4.79 Å². The highest BCUT2D eigenvalue weighted by Gasteiger charge is 2.40. The Morgan fingerprint density at radius 2 is 2.08 bits per heavy atom. The lowest BCUT2D eigenvalue weighted by atomic mass is 9.67. The van der Waals surface area contributed by atoms with Crippen LogP contribution in [0.15, 0.2) is 4.99 Å². The second-order valence-corrected chi connectivity index (χ2v) is 8.83. The van der Waals surface area contributed by atoms with Crippen LogP contribution in [-0.4, -0.2) is 63.7 Å². The molecule has 0 spiro atoms. The molecular formula is C20H36N4O2. The second kappa shape index (κ2) is 8.59. The van der Waals surface area contributed by atoms with E-state index >= 15 is 0 Å². The van der Waals surface area contributed by atoms with E-state index < -0.39 is 0 Å². The predicted octanol–water partition coefficient (Wildman–Crippen LogP) is 2.01. The Bertz CT molecular complexity index is 516. The number of likely N-dealkylation sites (N-methyl/N-ethyl adjacent to an activating group) is 1. The first-order valence-electron chi connectivity index (χ1n) is 10.3. The number of carbonyl (C=O) groups is 1. The van der Waals surface area contributed by atoms with Crippen LogP contribution in [0.5, 0.6) is 0 Å². The Hall–Kier alpha value is -1.30. The molecule has 0 aromatic rings. The summed E-state index contributed by atoms with van der Waals surface area (Å²) in [5.74, 6) is 2.53. The number of ether oxygens (including phenoxy) is 1. The molecule has 0 radical (unpaired) electrons. The minimum atomic E-state index is 0.0387. The zero-order valence-electron chi connectivity index (χ0n) is 16.7. The van der Waals surface area contributed by atoms with Crippen molar-refractivity contribution in [3.63, 3.8) is 0 Å². The first-order chi connectivity index (χ1) is 12.5. The van der Waals surface area contributed by atoms with Crippen molar-refractivity contribution in [2.75, 3.05) is 40.9 Å². The maximum absolute atomic E-state index is 12.0. The minimum absolute atomic E-state index is 0.0387. The van der Waals surface area contributed by atoms with Crippen molar-refractivity contribution in [1.82, 2.24) is 15.5 Å². The summed E-state index contributed by atoms with van der Waals surface area (Å²) in [4.78, 5) is 18.2. The fourth-order valence-electron chi connectivity index (χ4n) is 4.82. The van der Waals surface area contributed by atoms with E-state index in [1.807, 2.05) is 0 Å². The minimum Gasteiger partial charge on any atom is -0.385 e. The van der Waals surface area contributed by atoms with Crippen molar-refractivity contribution in [2.24, 2.45) is 22.2 Å². The van der Waals surface area contributed by atoms with Crippen LogP contribution in [0.25, 0.3) is 0 Å². The molecule has 3 aliphatic carbocycles. The predicted molar refractivity (Wildman–Crippen MR) is 104 cm³/mol. The van der Waals surface area contributed by atoms with Crippen LogP contribution in [0.2, 0.25) is 0 Å². The standard InChI is InChI=1S/C20H36N4O2/c1-24(2)18(25)13-21-19(23-17-12-15-5-6-16(17)11-15)22-14-20(7-4-8-20)9-10-26-3/h15-17H,4-14H2,1-3H3,(H2,21,22,23). The largest absolute Gasteiger partial charge is 0.385 e. The maximum Gasteiger partial charge on any atom is 0.243 e. The molecule has 0 aromatic heterocycles. The van der Waals surface area contributed by atoms with Crippen molar-refractivity contribution in [3.8, 4) is 0 Å².